The van der Waals surface area contributed by atoms with Gasteiger partial charge >= 0.3 is 0 Å². The van der Waals surface area contributed by atoms with E-state index in [1.807, 2.05) is 0 Å². The molecule has 0 radical (unpaired) electrons. The van der Waals surface area contributed by atoms with Crippen LogP contribution in [0.15, 0.2) is 29.2 Å². The molecule has 0 bridgehead atoms. The van der Waals surface area contributed by atoms with E-state index in [-0.39, 0.29) is 22.5 Å². The van der Waals surface area contributed by atoms with Gasteiger partial charge in [0.05, 0.1) is 4.90 Å². The van der Waals surface area contributed by atoms with Crippen molar-refractivity contribution in [1.82, 2.24) is 9.62 Å². The lowest BCUT2D eigenvalue weighted by molar-refractivity contribution is -0.116. The Morgan fingerprint density at radius 3 is 2.55 bits per heavy atom. The molecule has 1 aliphatic heterocycles. The zero-order valence-corrected chi connectivity index (χ0v) is 13.7. The number of sulfonamides is 1. The molecule has 1 heterocycles. The number of rotatable bonds is 6. The summed E-state index contributed by atoms with van der Waals surface area (Å²) in [4.78, 5) is 25.0. The Kier molecular flexibility index (Phi) is 5.43. The van der Waals surface area contributed by atoms with E-state index in [0.717, 1.165) is 5.75 Å². The summed E-state index contributed by atoms with van der Waals surface area (Å²) in [6.45, 7) is 1.07. The number of carbonyl (C=O) groups is 2. The quantitative estimate of drug-likeness (QED) is 0.806. The van der Waals surface area contributed by atoms with Crippen LogP contribution >= 0.6 is 11.8 Å². The molecule has 0 aromatic heterocycles. The fraction of sp³-hybridized carbons (Fsp3) is 0.385. The zero-order valence-electron chi connectivity index (χ0n) is 12.0. The molecule has 2 rings (SSSR count). The van der Waals surface area contributed by atoms with E-state index >= 15 is 0 Å². The van der Waals surface area contributed by atoms with E-state index in [9.17, 15) is 18.0 Å². The second-order valence-electron chi connectivity index (χ2n) is 4.63. The second kappa shape index (κ2) is 7.12. The lowest BCUT2D eigenvalue weighted by Crippen LogP contribution is -2.27. The highest BCUT2D eigenvalue weighted by molar-refractivity contribution is 8.13. The van der Waals surface area contributed by atoms with Crippen molar-refractivity contribution in [2.75, 3.05) is 31.2 Å². The van der Waals surface area contributed by atoms with Crippen LogP contribution < -0.4 is 10.0 Å². The summed E-state index contributed by atoms with van der Waals surface area (Å²) in [6.07, 6.45) is 0.211. The molecule has 22 heavy (non-hydrogen) atoms. The Bertz CT molecular complexity index is 658. The Hall–Kier alpha value is -1.58. The van der Waals surface area contributed by atoms with Gasteiger partial charge in [0.25, 0.3) is 5.24 Å². The molecule has 0 spiro atoms. The number of benzene rings is 1. The minimum absolute atomic E-state index is 0.00873. The van der Waals surface area contributed by atoms with Crippen molar-refractivity contribution in [3.63, 3.8) is 0 Å². The first-order valence-corrected chi connectivity index (χ1v) is 9.14. The van der Waals surface area contributed by atoms with Gasteiger partial charge in [-0.1, -0.05) is 11.8 Å². The minimum Gasteiger partial charge on any atom is -0.332 e. The van der Waals surface area contributed by atoms with Gasteiger partial charge in [-0.15, -0.1) is 0 Å². The van der Waals surface area contributed by atoms with Crippen molar-refractivity contribution >= 4 is 38.6 Å². The summed E-state index contributed by atoms with van der Waals surface area (Å²) in [5.41, 5.74) is 0.516. The van der Waals surface area contributed by atoms with Crippen LogP contribution in [0.25, 0.3) is 0 Å². The number of anilines is 1. The van der Waals surface area contributed by atoms with Crippen molar-refractivity contribution in [1.29, 1.82) is 0 Å². The maximum Gasteiger partial charge on any atom is 0.281 e. The molecule has 1 aromatic carbocycles. The van der Waals surface area contributed by atoms with Crippen molar-refractivity contribution in [2.24, 2.45) is 0 Å². The van der Waals surface area contributed by atoms with Crippen LogP contribution in [0, 0.1) is 0 Å². The maximum atomic E-state index is 11.8. The number of nitrogens with one attached hydrogen (secondary N) is 2. The lowest BCUT2D eigenvalue weighted by atomic mass is 10.3. The van der Waals surface area contributed by atoms with Crippen LogP contribution in [0.4, 0.5) is 10.5 Å². The molecule has 1 aliphatic rings. The normalized spacial score (nSPS) is 15.1. The van der Waals surface area contributed by atoms with E-state index in [2.05, 4.69) is 10.0 Å². The van der Waals surface area contributed by atoms with Crippen LogP contribution in [0.3, 0.4) is 0 Å². The summed E-state index contributed by atoms with van der Waals surface area (Å²) in [7, 11) is -2.14. The van der Waals surface area contributed by atoms with Crippen molar-refractivity contribution < 1.29 is 18.0 Å². The highest BCUT2D eigenvalue weighted by atomic mass is 32.2. The monoisotopic (exact) mass is 343 g/mol. The standard InChI is InChI=1S/C13H17N3O4S2/c1-14-22(19,20)11-4-2-10(3-5-11)15-12(17)6-7-16-8-9-21-13(16)18/h2-5,14H,6-9H2,1H3,(H,15,17). The predicted molar refractivity (Wildman–Crippen MR) is 85.4 cm³/mol. The zero-order chi connectivity index (χ0) is 16.2. The highest BCUT2D eigenvalue weighted by Crippen LogP contribution is 2.18. The molecule has 2 amide bonds. The van der Waals surface area contributed by atoms with E-state index in [1.165, 1.54) is 43.1 Å². The van der Waals surface area contributed by atoms with Crippen molar-refractivity contribution in [3.05, 3.63) is 24.3 Å². The molecule has 0 atom stereocenters. The van der Waals surface area contributed by atoms with Gasteiger partial charge in [0.15, 0.2) is 0 Å². The third-order valence-electron chi connectivity index (χ3n) is 3.17. The van der Waals surface area contributed by atoms with Gasteiger partial charge in [0, 0.05) is 31.0 Å². The average molecular weight is 343 g/mol. The number of hydrogen-bond acceptors (Lipinski definition) is 5. The second-order valence-corrected chi connectivity index (χ2v) is 7.56. The van der Waals surface area contributed by atoms with Gasteiger partial charge in [-0.2, -0.15) is 0 Å². The number of thioether (sulfide) groups is 1. The molecule has 0 saturated carbocycles. The van der Waals surface area contributed by atoms with Gasteiger partial charge in [0.2, 0.25) is 15.9 Å². The number of hydrogen-bond donors (Lipinski definition) is 2. The van der Waals surface area contributed by atoms with Crippen LogP contribution in [-0.4, -0.2) is 50.4 Å². The minimum atomic E-state index is -3.48. The van der Waals surface area contributed by atoms with Gasteiger partial charge < -0.3 is 10.2 Å². The predicted octanol–water partition coefficient (Wildman–Crippen LogP) is 1.09. The van der Waals surface area contributed by atoms with Gasteiger partial charge in [-0.3, -0.25) is 9.59 Å². The fourth-order valence-electron chi connectivity index (χ4n) is 1.92. The molecule has 1 saturated heterocycles. The molecule has 120 valence electrons. The molecule has 1 aromatic rings. The topological polar surface area (TPSA) is 95.6 Å². The van der Waals surface area contributed by atoms with Gasteiger partial charge in [-0.25, -0.2) is 13.1 Å². The molecule has 7 nitrogen and oxygen atoms in total. The molecule has 9 heteroatoms. The summed E-state index contributed by atoms with van der Waals surface area (Å²) in [5, 5.41) is 2.69. The SMILES string of the molecule is CNS(=O)(=O)c1ccc(NC(=O)CCN2CCSC2=O)cc1. The smallest absolute Gasteiger partial charge is 0.281 e. The van der Waals surface area contributed by atoms with Crippen LogP contribution in [0.2, 0.25) is 0 Å². The van der Waals surface area contributed by atoms with E-state index in [4.69, 9.17) is 0 Å². The first kappa shape index (κ1) is 16.8. The van der Waals surface area contributed by atoms with Gasteiger partial charge in [0.1, 0.15) is 0 Å². The van der Waals surface area contributed by atoms with Crippen molar-refractivity contribution in [2.45, 2.75) is 11.3 Å². The third kappa shape index (κ3) is 4.21. The van der Waals surface area contributed by atoms with Crippen molar-refractivity contribution in [3.8, 4) is 0 Å². The van der Waals surface area contributed by atoms with Crippen LogP contribution in [0.5, 0.6) is 0 Å². The molecule has 2 N–H and O–H groups in total. The summed E-state index contributed by atoms with van der Waals surface area (Å²) in [5.74, 6) is 0.552. The Morgan fingerprint density at radius 1 is 1.32 bits per heavy atom. The average Bonchev–Trinajstić information content (AvgIpc) is 2.91. The van der Waals surface area contributed by atoms with E-state index in [0.29, 0.717) is 18.8 Å². The number of carbonyl (C=O) groups excluding carboxylic acids is 2. The van der Waals surface area contributed by atoms with E-state index < -0.39 is 10.0 Å². The number of nitrogens with zero attached hydrogens (tertiary/aromatic N) is 1. The maximum absolute atomic E-state index is 11.8. The Balaban J connectivity index is 1.88. The third-order valence-corrected chi connectivity index (χ3v) is 5.49. The van der Waals surface area contributed by atoms with Crippen LogP contribution in [0.1, 0.15) is 6.42 Å². The summed E-state index contributed by atoms with van der Waals surface area (Å²) < 4.78 is 25.4. The Labute approximate surface area is 133 Å². The van der Waals surface area contributed by atoms with E-state index in [1.54, 1.807) is 4.90 Å². The molecule has 0 aliphatic carbocycles. The summed E-state index contributed by atoms with van der Waals surface area (Å²) >= 11 is 1.26. The molecule has 1 fully saturated rings. The fourth-order valence-corrected chi connectivity index (χ4v) is 3.51. The van der Waals surface area contributed by atoms with Crippen LogP contribution in [-0.2, 0) is 14.8 Å². The first-order chi connectivity index (χ1) is 10.4. The largest absolute Gasteiger partial charge is 0.332 e. The van der Waals surface area contributed by atoms with Gasteiger partial charge in [-0.05, 0) is 31.3 Å². The number of amides is 2. The highest BCUT2D eigenvalue weighted by Gasteiger charge is 2.21. The Morgan fingerprint density at radius 2 is 2.00 bits per heavy atom. The molecular weight excluding hydrogens is 326 g/mol. The molecule has 0 unspecified atom stereocenters. The molecular formula is C13H17N3O4S2. The first-order valence-electron chi connectivity index (χ1n) is 6.67. The summed E-state index contributed by atoms with van der Waals surface area (Å²) in [6, 6.07) is 5.89. The lowest BCUT2D eigenvalue weighted by Gasteiger charge is -2.14.